The van der Waals surface area contributed by atoms with Crippen molar-refractivity contribution in [2.24, 2.45) is 5.92 Å². The molecular weight excluding hydrogens is 381 g/mol. The molecule has 7 heteroatoms. The number of benzene rings is 2. The number of carbonyl (C=O) groups excluding carboxylic acids is 2. The Morgan fingerprint density at radius 3 is 2.36 bits per heavy atom. The van der Waals surface area contributed by atoms with E-state index in [2.05, 4.69) is 0 Å². The standard InChI is InChI=1S/C21H21ClFN3O2/c22-16-5-7-17(8-6-16)26-14-15(13-20(26)27)21(28)25-11-9-24(10-12-25)19-4-2-1-3-18(19)23/h1-8,15H,9-14H2/t15-/m0/s1. The first-order chi connectivity index (χ1) is 13.5. The molecule has 4 rings (SSSR count). The predicted octanol–water partition coefficient (Wildman–Crippen LogP) is 3.18. The lowest BCUT2D eigenvalue weighted by atomic mass is 10.1. The summed E-state index contributed by atoms with van der Waals surface area (Å²) in [7, 11) is 0. The molecule has 2 aromatic rings. The molecule has 2 saturated heterocycles. The van der Waals surface area contributed by atoms with Gasteiger partial charge in [0.25, 0.3) is 0 Å². The number of para-hydroxylation sites is 1. The molecule has 2 amide bonds. The van der Waals surface area contributed by atoms with E-state index < -0.39 is 0 Å². The Kier molecular flexibility index (Phi) is 5.22. The first-order valence-electron chi connectivity index (χ1n) is 9.37. The summed E-state index contributed by atoms with van der Waals surface area (Å²) in [4.78, 5) is 30.7. The van der Waals surface area contributed by atoms with Crippen LogP contribution in [0.4, 0.5) is 15.8 Å². The molecule has 0 bridgehead atoms. The Bertz CT molecular complexity index is 881. The number of carbonyl (C=O) groups is 2. The predicted molar refractivity (Wildman–Crippen MR) is 107 cm³/mol. The summed E-state index contributed by atoms with van der Waals surface area (Å²) in [6.07, 6.45) is 0.217. The van der Waals surface area contributed by atoms with Crippen LogP contribution >= 0.6 is 11.6 Å². The first-order valence-corrected chi connectivity index (χ1v) is 9.75. The largest absolute Gasteiger partial charge is 0.366 e. The molecule has 2 aliphatic rings. The zero-order chi connectivity index (χ0) is 19.7. The lowest BCUT2D eigenvalue weighted by molar-refractivity contribution is -0.136. The highest BCUT2D eigenvalue weighted by atomic mass is 35.5. The second-order valence-corrected chi connectivity index (χ2v) is 7.58. The SMILES string of the molecule is O=C([C@H]1CC(=O)N(c2ccc(Cl)cc2)C1)N1CCN(c2ccccc2F)CC1. The van der Waals surface area contributed by atoms with E-state index in [0.29, 0.717) is 43.4 Å². The van der Waals surface area contributed by atoms with Crippen LogP contribution in [0.5, 0.6) is 0 Å². The smallest absolute Gasteiger partial charge is 0.228 e. The lowest BCUT2D eigenvalue weighted by Gasteiger charge is -2.37. The van der Waals surface area contributed by atoms with Crippen molar-refractivity contribution in [1.82, 2.24) is 4.90 Å². The summed E-state index contributed by atoms with van der Waals surface area (Å²) in [5.41, 5.74) is 1.33. The van der Waals surface area contributed by atoms with Gasteiger partial charge in [0.1, 0.15) is 5.82 Å². The van der Waals surface area contributed by atoms with Crippen LogP contribution in [0.3, 0.4) is 0 Å². The molecule has 146 valence electrons. The second kappa shape index (κ2) is 7.80. The number of piperazine rings is 1. The third kappa shape index (κ3) is 3.69. The molecule has 28 heavy (non-hydrogen) atoms. The Hall–Kier alpha value is -2.60. The molecular formula is C21H21ClFN3O2. The van der Waals surface area contributed by atoms with Gasteiger partial charge in [-0.15, -0.1) is 0 Å². The monoisotopic (exact) mass is 401 g/mol. The van der Waals surface area contributed by atoms with Gasteiger partial charge in [0.2, 0.25) is 11.8 Å². The van der Waals surface area contributed by atoms with E-state index in [9.17, 15) is 14.0 Å². The van der Waals surface area contributed by atoms with Crippen molar-refractivity contribution in [2.45, 2.75) is 6.42 Å². The summed E-state index contributed by atoms with van der Waals surface area (Å²) < 4.78 is 14.0. The van der Waals surface area contributed by atoms with Crippen molar-refractivity contribution in [3.63, 3.8) is 0 Å². The summed E-state index contributed by atoms with van der Waals surface area (Å²) >= 11 is 5.91. The van der Waals surface area contributed by atoms with Crippen LogP contribution in [-0.4, -0.2) is 49.4 Å². The lowest BCUT2D eigenvalue weighted by Crippen LogP contribution is -2.51. The van der Waals surface area contributed by atoms with Gasteiger partial charge < -0.3 is 14.7 Å². The maximum absolute atomic E-state index is 14.0. The van der Waals surface area contributed by atoms with Gasteiger partial charge in [-0.25, -0.2) is 4.39 Å². The molecule has 0 aromatic heterocycles. The van der Waals surface area contributed by atoms with E-state index >= 15 is 0 Å². The van der Waals surface area contributed by atoms with Gasteiger partial charge in [0.15, 0.2) is 0 Å². The number of halogens is 2. The Labute approximate surface area is 168 Å². The highest BCUT2D eigenvalue weighted by molar-refractivity contribution is 6.30. The van der Waals surface area contributed by atoms with Crippen molar-refractivity contribution in [3.05, 3.63) is 59.4 Å². The Morgan fingerprint density at radius 2 is 1.68 bits per heavy atom. The Morgan fingerprint density at radius 1 is 1.00 bits per heavy atom. The molecule has 2 aromatic carbocycles. The average Bonchev–Trinajstić information content (AvgIpc) is 3.10. The number of anilines is 2. The number of hydrogen-bond acceptors (Lipinski definition) is 3. The number of nitrogens with zero attached hydrogens (tertiary/aromatic N) is 3. The Balaban J connectivity index is 1.37. The topological polar surface area (TPSA) is 43.9 Å². The summed E-state index contributed by atoms with van der Waals surface area (Å²) in [6, 6.07) is 13.7. The summed E-state index contributed by atoms with van der Waals surface area (Å²) in [5, 5.41) is 0.607. The fourth-order valence-electron chi connectivity index (χ4n) is 3.88. The molecule has 0 spiro atoms. The van der Waals surface area contributed by atoms with Gasteiger partial charge in [0.05, 0.1) is 11.6 Å². The number of rotatable bonds is 3. The van der Waals surface area contributed by atoms with Crippen LogP contribution in [0.1, 0.15) is 6.42 Å². The van der Waals surface area contributed by atoms with Crippen molar-refractivity contribution in [3.8, 4) is 0 Å². The van der Waals surface area contributed by atoms with Crippen molar-refractivity contribution in [2.75, 3.05) is 42.5 Å². The molecule has 0 saturated carbocycles. The van der Waals surface area contributed by atoms with Crippen LogP contribution in [0.15, 0.2) is 48.5 Å². The average molecular weight is 402 g/mol. The van der Waals surface area contributed by atoms with E-state index in [1.807, 2.05) is 11.0 Å². The molecule has 0 aliphatic carbocycles. The van der Waals surface area contributed by atoms with Crippen LogP contribution in [0, 0.1) is 11.7 Å². The zero-order valence-electron chi connectivity index (χ0n) is 15.4. The zero-order valence-corrected chi connectivity index (χ0v) is 16.1. The minimum absolute atomic E-state index is 0.00185. The minimum Gasteiger partial charge on any atom is -0.366 e. The van der Waals surface area contributed by atoms with Crippen LogP contribution in [0.2, 0.25) is 5.02 Å². The number of amides is 2. The summed E-state index contributed by atoms with van der Waals surface area (Å²) in [6.45, 7) is 2.59. The molecule has 0 unspecified atom stereocenters. The summed E-state index contributed by atoms with van der Waals surface area (Å²) in [5.74, 6) is -0.644. The van der Waals surface area contributed by atoms with Crippen LogP contribution in [0.25, 0.3) is 0 Å². The molecule has 2 aliphatic heterocycles. The molecule has 2 heterocycles. The quantitative estimate of drug-likeness (QED) is 0.793. The van der Waals surface area contributed by atoms with Crippen molar-refractivity contribution in [1.29, 1.82) is 0 Å². The first kappa shape index (κ1) is 18.7. The van der Waals surface area contributed by atoms with E-state index in [1.54, 1.807) is 46.2 Å². The normalized spacial score (nSPS) is 20.0. The van der Waals surface area contributed by atoms with Crippen LogP contribution < -0.4 is 9.80 Å². The van der Waals surface area contributed by atoms with E-state index in [-0.39, 0.29) is 30.0 Å². The van der Waals surface area contributed by atoms with Gasteiger partial charge in [-0.3, -0.25) is 9.59 Å². The van der Waals surface area contributed by atoms with E-state index in [4.69, 9.17) is 11.6 Å². The molecule has 1 atom stereocenters. The van der Waals surface area contributed by atoms with Gasteiger partial charge in [0, 0.05) is 49.9 Å². The van der Waals surface area contributed by atoms with Crippen molar-refractivity contribution < 1.29 is 14.0 Å². The molecule has 2 fully saturated rings. The third-order valence-electron chi connectivity index (χ3n) is 5.40. The third-order valence-corrected chi connectivity index (χ3v) is 5.65. The fraction of sp³-hybridized carbons (Fsp3) is 0.333. The maximum atomic E-state index is 14.0. The molecule has 5 nitrogen and oxygen atoms in total. The van der Waals surface area contributed by atoms with Gasteiger partial charge >= 0.3 is 0 Å². The van der Waals surface area contributed by atoms with Crippen LogP contribution in [-0.2, 0) is 9.59 Å². The van der Waals surface area contributed by atoms with E-state index in [0.717, 1.165) is 5.69 Å². The maximum Gasteiger partial charge on any atom is 0.228 e. The second-order valence-electron chi connectivity index (χ2n) is 7.15. The molecule has 0 N–H and O–H groups in total. The highest BCUT2D eigenvalue weighted by Gasteiger charge is 2.38. The van der Waals surface area contributed by atoms with E-state index in [1.165, 1.54) is 6.07 Å². The fourth-order valence-corrected chi connectivity index (χ4v) is 4.00. The van der Waals surface area contributed by atoms with Crippen molar-refractivity contribution >= 4 is 34.8 Å². The van der Waals surface area contributed by atoms with Gasteiger partial charge in [-0.1, -0.05) is 23.7 Å². The number of hydrogen-bond donors (Lipinski definition) is 0. The highest BCUT2D eigenvalue weighted by Crippen LogP contribution is 2.28. The van der Waals surface area contributed by atoms with Gasteiger partial charge in [-0.05, 0) is 36.4 Å². The molecule has 0 radical (unpaired) electrons. The minimum atomic E-state index is -0.344. The van der Waals surface area contributed by atoms with Gasteiger partial charge in [-0.2, -0.15) is 0 Å².